The van der Waals surface area contributed by atoms with Gasteiger partial charge in [-0.25, -0.2) is 9.97 Å². The number of carbonyl (C=O) groups is 1. The van der Waals surface area contributed by atoms with Crippen molar-refractivity contribution in [2.45, 2.75) is 46.3 Å². The predicted molar refractivity (Wildman–Crippen MR) is 96.2 cm³/mol. The highest BCUT2D eigenvalue weighted by Crippen LogP contribution is 2.24. The van der Waals surface area contributed by atoms with Crippen molar-refractivity contribution in [2.75, 3.05) is 24.5 Å². The third-order valence-corrected chi connectivity index (χ3v) is 4.43. The standard InChI is InChI=1S/C18H25N5O3/c1-11-6-20-17(21-13(11)3)23-8-14(26-18(4,5)10-23)7-19-16(24)15-12(2)9-25-22-15/h6,9,14H,7-8,10H2,1-5H3,(H,19,24). The summed E-state index contributed by atoms with van der Waals surface area (Å²) in [5.41, 5.74) is 2.66. The van der Waals surface area contributed by atoms with Gasteiger partial charge in [-0.2, -0.15) is 0 Å². The van der Waals surface area contributed by atoms with E-state index in [1.165, 1.54) is 6.26 Å². The highest BCUT2D eigenvalue weighted by molar-refractivity contribution is 5.93. The van der Waals surface area contributed by atoms with Crippen molar-refractivity contribution in [3.8, 4) is 0 Å². The van der Waals surface area contributed by atoms with E-state index in [2.05, 4.69) is 25.3 Å². The Labute approximate surface area is 152 Å². The van der Waals surface area contributed by atoms with Crippen LogP contribution in [0.15, 0.2) is 17.0 Å². The second-order valence-corrected chi connectivity index (χ2v) is 7.37. The molecule has 0 saturated carbocycles. The van der Waals surface area contributed by atoms with Gasteiger partial charge in [0.1, 0.15) is 6.26 Å². The van der Waals surface area contributed by atoms with E-state index < -0.39 is 0 Å². The van der Waals surface area contributed by atoms with Gasteiger partial charge in [-0.3, -0.25) is 4.79 Å². The molecule has 1 amide bonds. The van der Waals surface area contributed by atoms with Crippen LogP contribution in [0.2, 0.25) is 0 Å². The summed E-state index contributed by atoms with van der Waals surface area (Å²) in [5, 5.41) is 6.60. The second-order valence-electron chi connectivity index (χ2n) is 7.37. The lowest BCUT2D eigenvalue weighted by molar-refractivity contribution is -0.0814. The third-order valence-electron chi connectivity index (χ3n) is 4.43. The number of amides is 1. The van der Waals surface area contributed by atoms with Gasteiger partial charge in [-0.1, -0.05) is 5.16 Å². The molecule has 0 radical (unpaired) electrons. The summed E-state index contributed by atoms with van der Waals surface area (Å²) in [6, 6.07) is 0. The summed E-state index contributed by atoms with van der Waals surface area (Å²) < 4.78 is 10.9. The fourth-order valence-corrected chi connectivity index (χ4v) is 3.02. The maximum absolute atomic E-state index is 12.2. The summed E-state index contributed by atoms with van der Waals surface area (Å²) in [5.74, 6) is 0.422. The van der Waals surface area contributed by atoms with Gasteiger partial charge in [0.2, 0.25) is 5.95 Å². The van der Waals surface area contributed by atoms with Crippen molar-refractivity contribution in [2.24, 2.45) is 0 Å². The molecule has 1 unspecified atom stereocenters. The summed E-state index contributed by atoms with van der Waals surface area (Å²) in [6.07, 6.45) is 3.11. The molecule has 26 heavy (non-hydrogen) atoms. The molecule has 1 saturated heterocycles. The lowest BCUT2D eigenvalue weighted by Crippen LogP contribution is -2.56. The van der Waals surface area contributed by atoms with E-state index in [0.717, 1.165) is 11.3 Å². The molecule has 0 bridgehead atoms. The molecule has 0 spiro atoms. The van der Waals surface area contributed by atoms with E-state index in [1.807, 2.05) is 33.9 Å². The molecule has 0 aliphatic carbocycles. The normalized spacial score (nSPS) is 19.4. The first kappa shape index (κ1) is 18.3. The van der Waals surface area contributed by atoms with Gasteiger partial charge < -0.3 is 19.5 Å². The molecule has 1 aliphatic heterocycles. The SMILES string of the molecule is Cc1cnc(N2CC(CNC(=O)c3nocc3C)OC(C)(C)C2)nc1C. The van der Waals surface area contributed by atoms with E-state index in [4.69, 9.17) is 9.26 Å². The molecule has 0 aromatic carbocycles. The molecule has 8 nitrogen and oxygen atoms in total. The average Bonchev–Trinajstić information content (AvgIpc) is 3.00. The molecule has 2 aromatic rings. The molecule has 3 heterocycles. The van der Waals surface area contributed by atoms with Gasteiger partial charge in [0.25, 0.3) is 5.91 Å². The average molecular weight is 359 g/mol. The zero-order valence-corrected chi connectivity index (χ0v) is 15.9. The van der Waals surface area contributed by atoms with Crippen molar-refractivity contribution in [3.63, 3.8) is 0 Å². The Bertz CT molecular complexity index is 802. The Morgan fingerprint density at radius 3 is 2.77 bits per heavy atom. The Balaban J connectivity index is 1.68. The minimum Gasteiger partial charge on any atom is -0.367 e. The third kappa shape index (κ3) is 4.01. The minimum absolute atomic E-state index is 0.180. The topological polar surface area (TPSA) is 93.4 Å². The molecule has 3 rings (SSSR count). The van der Waals surface area contributed by atoms with Gasteiger partial charge in [0, 0.05) is 37.1 Å². The van der Waals surface area contributed by atoms with Crippen LogP contribution in [-0.4, -0.2) is 52.4 Å². The summed E-state index contributed by atoms with van der Waals surface area (Å²) in [7, 11) is 0. The Morgan fingerprint density at radius 1 is 1.35 bits per heavy atom. The van der Waals surface area contributed by atoms with Crippen LogP contribution in [0.5, 0.6) is 0 Å². The van der Waals surface area contributed by atoms with Crippen molar-refractivity contribution in [1.29, 1.82) is 0 Å². The Hall–Kier alpha value is -2.48. The zero-order valence-electron chi connectivity index (χ0n) is 15.9. The van der Waals surface area contributed by atoms with Gasteiger partial charge >= 0.3 is 0 Å². The lowest BCUT2D eigenvalue weighted by atomic mass is 10.1. The lowest BCUT2D eigenvalue weighted by Gasteiger charge is -2.42. The molecule has 1 fully saturated rings. The number of aromatic nitrogens is 3. The fraction of sp³-hybridized carbons (Fsp3) is 0.556. The minimum atomic E-state index is -0.375. The van der Waals surface area contributed by atoms with E-state index in [9.17, 15) is 4.79 Å². The van der Waals surface area contributed by atoms with Crippen LogP contribution in [0.3, 0.4) is 0 Å². The predicted octanol–water partition coefficient (Wildman–Crippen LogP) is 1.80. The molecule has 1 N–H and O–H groups in total. The number of anilines is 1. The van der Waals surface area contributed by atoms with Crippen LogP contribution >= 0.6 is 0 Å². The number of morpholine rings is 1. The van der Waals surface area contributed by atoms with Crippen LogP contribution in [-0.2, 0) is 4.74 Å². The maximum atomic E-state index is 12.2. The number of nitrogens with one attached hydrogen (secondary N) is 1. The maximum Gasteiger partial charge on any atom is 0.273 e. The van der Waals surface area contributed by atoms with Gasteiger partial charge in [0.05, 0.1) is 11.7 Å². The molecular weight excluding hydrogens is 334 g/mol. The van der Waals surface area contributed by atoms with Crippen LogP contribution in [0.4, 0.5) is 5.95 Å². The number of rotatable bonds is 4. The van der Waals surface area contributed by atoms with E-state index in [1.54, 1.807) is 6.92 Å². The van der Waals surface area contributed by atoms with E-state index in [0.29, 0.717) is 36.8 Å². The first-order valence-electron chi connectivity index (χ1n) is 8.67. The molecular formula is C18H25N5O3. The van der Waals surface area contributed by atoms with Gasteiger partial charge in [0.15, 0.2) is 5.69 Å². The van der Waals surface area contributed by atoms with Crippen molar-refractivity contribution < 1.29 is 14.1 Å². The molecule has 8 heteroatoms. The smallest absolute Gasteiger partial charge is 0.273 e. The van der Waals surface area contributed by atoms with Crippen molar-refractivity contribution in [3.05, 3.63) is 35.0 Å². The summed E-state index contributed by atoms with van der Waals surface area (Å²) >= 11 is 0. The number of hydrogen-bond donors (Lipinski definition) is 1. The van der Waals surface area contributed by atoms with E-state index in [-0.39, 0.29) is 17.6 Å². The van der Waals surface area contributed by atoms with E-state index >= 15 is 0 Å². The number of ether oxygens (including phenoxy) is 1. The first-order chi connectivity index (χ1) is 12.2. The number of hydrogen-bond acceptors (Lipinski definition) is 7. The summed E-state index contributed by atoms with van der Waals surface area (Å²) in [4.78, 5) is 23.4. The van der Waals surface area contributed by atoms with Crippen LogP contribution < -0.4 is 10.2 Å². The number of nitrogens with zero attached hydrogens (tertiary/aromatic N) is 4. The first-order valence-corrected chi connectivity index (χ1v) is 8.67. The summed E-state index contributed by atoms with van der Waals surface area (Å²) in [6.45, 7) is 11.5. The number of carbonyl (C=O) groups excluding carboxylic acids is 1. The quantitative estimate of drug-likeness (QED) is 0.889. The second kappa shape index (κ2) is 7.03. The van der Waals surface area contributed by atoms with Crippen molar-refractivity contribution in [1.82, 2.24) is 20.4 Å². The highest BCUT2D eigenvalue weighted by atomic mass is 16.5. The zero-order chi connectivity index (χ0) is 18.9. The Kier molecular flexibility index (Phi) is 4.95. The number of aryl methyl sites for hydroxylation is 3. The largest absolute Gasteiger partial charge is 0.367 e. The van der Waals surface area contributed by atoms with Crippen LogP contribution in [0.1, 0.15) is 41.2 Å². The molecule has 140 valence electrons. The monoisotopic (exact) mass is 359 g/mol. The van der Waals surface area contributed by atoms with Crippen LogP contribution in [0, 0.1) is 20.8 Å². The fourth-order valence-electron chi connectivity index (χ4n) is 3.02. The molecule has 2 aromatic heterocycles. The van der Waals surface area contributed by atoms with Crippen molar-refractivity contribution >= 4 is 11.9 Å². The van der Waals surface area contributed by atoms with Gasteiger partial charge in [-0.05, 0) is 40.2 Å². The molecule has 1 atom stereocenters. The van der Waals surface area contributed by atoms with Crippen LogP contribution in [0.25, 0.3) is 0 Å². The Morgan fingerprint density at radius 2 is 2.12 bits per heavy atom. The molecule has 1 aliphatic rings. The van der Waals surface area contributed by atoms with Gasteiger partial charge in [-0.15, -0.1) is 0 Å². The highest BCUT2D eigenvalue weighted by Gasteiger charge is 2.35.